The van der Waals surface area contributed by atoms with E-state index in [9.17, 15) is 13.2 Å². The van der Waals surface area contributed by atoms with Crippen LogP contribution in [0.4, 0.5) is 0 Å². The van der Waals surface area contributed by atoms with Crippen molar-refractivity contribution in [2.24, 2.45) is 0 Å². The average Bonchev–Trinajstić information content (AvgIpc) is 3.17. The van der Waals surface area contributed by atoms with E-state index in [1.165, 1.54) is 21.1 Å². The van der Waals surface area contributed by atoms with Crippen molar-refractivity contribution >= 4 is 37.5 Å². The molecular formula is C20H21N3O3S2. The van der Waals surface area contributed by atoms with E-state index in [1.54, 1.807) is 30.5 Å². The zero-order chi connectivity index (χ0) is 19.7. The topological polar surface area (TPSA) is 79.4 Å². The molecule has 1 saturated heterocycles. The van der Waals surface area contributed by atoms with Gasteiger partial charge in [-0.05, 0) is 49.2 Å². The Balaban J connectivity index is 1.47. The first kappa shape index (κ1) is 19.0. The van der Waals surface area contributed by atoms with Gasteiger partial charge in [-0.15, -0.1) is 11.3 Å². The number of benzene rings is 2. The van der Waals surface area contributed by atoms with Crippen molar-refractivity contribution < 1.29 is 13.2 Å². The maximum atomic E-state index is 12.9. The number of nitrogens with zero attached hydrogens (tertiary/aromatic N) is 2. The lowest BCUT2D eigenvalue weighted by Gasteiger charge is -2.30. The van der Waals surface area contributed by atoms with Crippen LogP contribution >= 0.6 is 11.3 Å². The second-order valence-corrected chi connectivity index (χ2v) is 9.80. The third-order valence-corrected chi connectivity index (χ3v) is 8.21. The molecule has 2 heterocycles. The van der Waals surface area contributed by atoms with Crippen LogP contribution in [0, 0.1) is 0 Å². The number of rotatable bonds is 4. The summed E-state index contributed by atoms with van der Waals surface area (Å²) in [5.41, 5.74) is 1.45. The van der Waals surface area contributed by atoms with Gasteiger partial charge in [0, 0.05) is 31.6 Å². The van der Waals surface area contributed by atoms with E-state index < -0.39 is 10.0 Å². The van der Waals surface area contributed by atoms with Crippen molar-refractivity contribution in [3.05, 3.63) is 59.1 Å². The molecule has 1 aliphatic heterocycles. The van der Waals surface area contributed by atoms with Crippen LogP contribution < -0.4 is 5.32 Å². The predicted molar refractivity (Wildman–Crippen MR) is 110 cm³/mol. The van der Waals surface area contributed by atoms with Gasteiger partial charge in [-0.2, -0.15) is 4.31 Å². The summed E-state index contributed by atoms with van der Waals surface area (Å²) in [6.07, 6.45) is 1.52. The molecule has 4 rings (SSSR count). The van der Waals surface area contributed by atoms with Crippen molar-refractivity contribution in [1.82, 2.24) is 14.6 Å². The zero-order valence-electron chi connectivity index (χ0n) is 15.5. The Morgan fingerprint density at radius 2 is 1.79 bits per heavy atom. The van der Waals surface area contributed by atoms with Gasteiger partial charge in [-0.3, -0.25) is 4.79 Å². The summed E-state index contributed by atoms with van der Waals surface area (Å²) in [4.78, 5) is 16.6. The maximum Gasteiger partial charge on any atom is 0.251 e. The summed E-state index contributed by atoms with van der Waals surface area (Å²) in [6.45, 7) is 0.945. The summed E-state index contributed by atoms with van der Waals surface area (Å²) < 4.78 is 28.6. The summed E-state index contributed by atoms with van der Waals surface area (Å²) >= 11 is 1.70. The molecular weight excluding hydrogens is 394 g/mol. The van der Waals surface area contributed by atoms with Crippen molar-refractivity contribution in [1.29, 1.82) is 0 Å². The first-order chi connectivity index (χ1) is 13.5. The Bertz CT molecular complexity index is 1070. The lowest BCUT2D eigenvalue weighted by Crippen LogP contribution is -2.37. The monoisotopic (exact) mass is 415 g/mol. The first-order valence-electron chi connectivity index (χ1n) is 9.17. The highest BCUT2D eigenvalue weighted by molar-refractivity contribution is 7.89. The second-order valence-electron chi connectivity index (χ2n) is 6.80. The molecule has 0 aliphatic carbocycles. The third-order valence-electron chi connectivity index (χ3n) is 5.09. The van der Waals surface area contributed by atoms with Gasteiger partial charge in [0.15, 0.2) is 0 Å². The van der Waals surface area contributed by atoms with E-state index in [0.717, 1.165) is 23.4 Å². The van der Waals surface area contributed by atoms with E-state index in [1.807, 2.05) is 18.2 Å². The molecule has 6 nitrogen and oxygen atoms in total. The molecule has 8 heteroatoms. The molecule has 0 radical (unpaired) electrons. The number of fused-ring (bicyclic) bond motifs is 1. The van der Waals surface area contributed by atoms with Gasteiger partial charge in [-0.1, -0.05) is 12.1 Å². The van der Waals surface area contributed by atoms with E-state index in [-0.39, 0.29) is 10.8 Å². The molecule has 1 aromatic heterocycles. The minimum atomic E-state index is -3.56. The van der Waals surface area contributed by atoms with Crippen molar-refractivity contribution in [2.75, 3.05) is 20.1 Å². The third kappa shape index (κ3) is 3.55. The fourth-order valence-electron chi connectivity index (χ4n) is 3.48. The number of piperidine rings is 1. The molecule has 0 unspecified atom stereocenters. The summed E-state index contributed by atoms with van der Waals surface area (Å²) in [7, 11) is -2.01. The average molecular weight is 416 g/mol. The molecule has 0 saturated carbocycles. The number of nitrogens with one attached hydrogen (secondary N) is 1. The van der Waals surface area contributed by atoms with Crippen LogP contribution in [-0.2, 0) is 10.0 Å². The molecule has 1 N–H and O–H groups in total. The number of amides is 1. The predicted octanol–water partition coefficient (Wildman–Crippen LogP) is 3.22. The zero-order valence-corrected chi connectivity index (χ0v) is 17.1. The molecule has 0 atom stereocenters. The van der Waals surface area contributed by atoms with Crippen LogP contribution in [0.1, 0.15) is 34.1 Å². The van der Waals surface area contributed by atoms with Gasteiger partial charge in [0.1, 0.15) is 0 Å². The lowest BCUT2D eigenvalue weighted by atomic mass is 9.99. The Hall–Kier alpha value is -2.29. The van der Waals surface area contributed by atoms with Crippen molar-refractivity contribution in [3.8, 4) is 0 Å². The Morgan fingerprint density at radius 3 is 2.43 bits per heavy atom. The molecule has 146 valence electrons. The fourth-order valence-corrected chi connectivity index (χ4v) is 6.09. The number of hydrogen-bond acceptors (Lipinski definition) is 5. The number of aromatic nitrogens is 1. The first-order valence-corrected chi connectivity index (χ1v) is 11.4. The minimum absolute atomic E-state index is 0.221. The highest BCUT2D eigenvalue weighted by Gasteiger charge is 2.31. The smallest absolute Gasteiger partial charge is 0.251 e. The molecule has 28 heavy (non-hydrogen) atoms. The van der Waals surface area contributed by atoms with Gasteiger partial charge in [0.05, 0.1) is 20.1 Å². The van der Waals surface area contributed by atoms with Crippen LogP contribution in [-0.4, -0.2) is 43.8 Å². The molecule has 0 bridgehead atoms. The van der Waals surface area contributed by atoms with Crippen LogP contribution in [0.3, 0.4) is 0 Å². The van der Waals surface area contributed by atoms with Gasteiger partial charge in [0.25, 0.3) is 5.91 Å². The molecule has 2 aromatic carbocycles. The number of para-hydroxylation sites is 1. The van der Waals surface area contributed by atoms with E-state index in [4.69, 9.17) is 4.98 Å². The minimum Gasteiger partial charge on any atom is -0.355 e. The number of carbonyl (C=O) groups excluding carboxylic acids is 1. The Kier molecular flexibility index (Phi) is 5.18. The fraction of sp³-hybridized carbons (Fsp3) is 0.300. The van der Waals surface area contributed by atoms with Crippen LogP contribution in [0.15, 0.2) is 53.4 Å². The number of thiazole rings is 1. The molecule has 3 aromatic rings. The number of hydrogen-bond donors (Lipinski definition) is 1. The lowest BCUT2D eigenvalue weighted by molar-refractivity contribution is 0.0963. The molecule has 1 amide bonds. The number of sulfonamides is 1. The summed E-state index contributed by atoms with van der Waals surface area (Å²) in [5, 5.41) is 3.62. The largest absolute Gasteiger partial charge is 0.355 e. The normalized spacial score (nSPS) is 16.3. The Morgan fingerprint density at radius 1 is 1.11 bits per heavy atom. The van der Waals surface area contributed by atoms with Crippen molar-refractivity contribution in [3.63, 3.8) is 0 Å². The van der Waals surface area contributed by atoms with E-state index >= 15 is 0 Å². The standard InChI is InChI=1S/C20H21N3O3S2/c1-21-19(24)14-6-8-16(9-7-14)28(25,26)23-12-10-15(11-13-23)20-22-17-4-2-3-5-18(17)27-20/h2-9,15H,10-13H2,1H3,(H,21,24). The van der Waals surface area contributed by atoms with Gasteiger partial charge in [-0.25, -0.2) is 13.4 Å². The summed E-state index contributed by atoms with van der Waals surface area (Å²) in [6, 6.07) is 14.2. The highest BCUT2D eigenvalue weighted by atomic mass is 32.2. The van der Waals surface area contributed by atoms with Gasteiger partial charge >= 0.3 is 0 Å². The second kappa shape index (κ2) is 7.62. The van der Waals surface area contributed by atoms with Crippen molar-refractivity contribution in [2.45, 2.75) is 23.7 Å². The maximum absolute atomic E-state index is 12.9. The van der Waals surface area contributed by atoms with E-state index in [2.05, 4.69) is 11.4 Å². The number of carbonyl (C=O) groups is 1. The quantitative estimate of drug-likeness (QED) is 0.710. The summed E-state index contributed by atoms with van der Waals surface area (Å²) in [5.74, 6) is 0.0556. The SMILES string of the molecule is CNC(=O)c1ccc(S(=O)(=O)N2CCC(c3nc4ccccc4s3)CC2)cc1. The highest BCUT2D eigenvalue weighted by Crippen LogP contribution is 2.35. The van der Waals surface area contributed by atoms with E-state index in [0.29, 0.717) is 24.6 Å². The van der Waals surface area contributed by atoms with Crippen LogP contribution in [0.25, 0.3) is 10.2 Å². The van der Waals surface area contributed by atoms with Gasteiger partial charge in [0.2, 0.25) is 10.0 Å². The molecule has 1 fully saturated rings. The molecule has 0 spiro atoms. The Labute approximate surface area is 168 Å². The van der Waals surface area contributed by atoms with Crippen LogP contribution in [0.2, 0.25) is 0 Å². The van der Waals surface area contributed by atoms with Crippen LogP contribution in [0.5, 0.6) is 0 Å². The van der Waals surface area contributed by atoms with Gasteiger partial charge < -0.3 is 5.32 Å². The molecule has 1 aliphatic rings.